The van der Waals surface area contributed by atoms with Crippen LogP contribution in [0.15, 0.2) is 35.1 Å². The van der Waals surface area contributed by atoms with Crippen LogP contribution in [-0.4, -0.2) is 32.8 Å². The number of H-pyrrole nitrogens is 1. The first-order valence-electron chi connectivity index (χ1n) is 8.18. The van der Waals surface area contributed by atoms with Crippen molar-refractivity contribution in [1.82, 2.24) is 19.2 Å². The largest absolute Gasteiger partial charge is 0.333 e. The fourth-order valence-electron chi connectivity index (χ4n) is 3.62. The fraction of sp³-hybridized carbons (Fsp3) is 0.235. The Hall–Kier alpha value is -2.29. The molecular weight excluding hydrogens is 354 g/mol. The number of thiophene rings is 1. The van der Waals surface area contributed by atoms with Crippen molar-refractivity contribution in [2.75, 3.05) is 13.6 Å². The van der Waals surface area contributed by atoms with Crippen LogP contribution < -0.4 is 10.5 Å². The van der Waals surface area contributed by atoms with E-state index in [1.807, 2.05) is 34.7 Å². The minimum absolute atomic E-state index is 0.0141. The van der Waals surface area contributed by atoms with Gasteiger partial charge in [0.05, 0.1) is 29.5 Å². The lowest BCUT2D eigenvalue weighted by Gasteiger charge is -2.19. The molecule has 1 unspecified atom stereocenters. The summed E-state index contributed by atoms with van der Waals surface area (Å²) < 4.78 is 4.08. The van der Waals surface area contributed by atoms with Crippen LogP contribution in [0.4, 0.5) is 0 Å². The number of fused-ring (bicyclic) bond motifs is 5. The monoisotopic (exact) mass is 370 g/mol. The Morgan fingerprint density at radius 3 is 2.92 bits per heavy atom. The summed E-state index contributed by atoms with van der Waals surface area (Å²) in [6.07, 6.45) is 0.919. The van der Waals surface area contributed by atoms with Gasteiger partial charge in [-0.3, -0.25) is 4.79 Å². The van der Waals surface area contributed by atoms with E-state index in [1.165, 1.54) is 15.3 Å². The third-order valence-corrected chi connectivity index (χ3v) is 6.32. The number of para-hydroxylation sites is 1. The van der Waals surface area contributed by atoms with Crippen molar-refractivity contribution in [2.45, 2.75) is 13.0 Å². The van der Waals surface area contributed by atoms with E-state index in [0.29, 0.717) is 10.5 Å². The van der Waals surface area contributed by atoms with E-state index in [2.05, 4.69) is 17.2 Å². The summed E-state index contributed by atoms with van der Waals surface area (Å²) in [5.41, 5.74) is 1.97. The molecule has 8 heteroatoms. The molecule has 0 spiro atoms. The van der Waals surface area contributed by atoms with Crippen LogP contribution in [0.5, 0.6) is 0 Å². The quantitative estimate of drug-likeness (QED) is 0.497. The number of aromatic nitrogens is 4. The second kappa shape index (κ2) is 5.35. The predicted octanol–water partition coefficient (Wildman–Crippen LogP) is 1.33. The van der Waals surface area contributed by atoms with Crippen LogP contribution in [0.25, 0.3) is 21.7 Å². The first-order chi connectivity index (χ1) is 12.1. The van der Waals surface area contributed by atoms with Crippen molar-refractivity contribution in [3.8, 4) is 5.69 Å². The Labute approximate surface area is 152 Å². The summed E-state index contributed by atoms with van der Waals surface area (Å²) >= 11 is 7.13. The normalized spacial score (nSPS) is 17.2. The number of nitrogens with zero attached hydrogens (tertiary/aromatic N) is 3. The molecule has 1 aliphatic rings. The van der Waals surface area contributed by atoms with Gasteiger partial charge in [-0.05, 0) is 29.9 Å². The Morgan fingerprint density at radius 1 is 1.32 bits per heavy atom. The highest BCUT2D eigenvalue weighted by Gasteiger charge is 2.26. The molecule has 0 amide bonds. The highest BCUT2D eigenvalue weighted by atomic mass is 32.1. The van der Waals surface area contributed by atoms with Crippen LogP contribution >= 0.6 is 23.6 Å². The van der Waals surface area contributed by atoms with Crippen LogP contribution in [-0.2, 0) is 13.0 Å². The molecular formula is C17H16N5OS2+. The zero-order valence-corrected chi connectivity index (χ0v) is 15.2. The number of aromatic amines is 1. The summed E-state index contributed by atoms with van der Waals surface area (Å²) in [7, 11) is 2.19. The zero-order chi connectivity index (χ0) is 17.1. The van der Waals surface area contributed by atoms with E-state index in [1.54, 1.807) is 15.9 Å². The summed E-state index contributed by atoms with van der Waals surface area (Å²) in [5, 5.41) is 7.98. The van der Waals surface area contributed by atoms with Crippen molar-refractivity contribution in [3.05, 3.63) is 55.9 Å². The van der Waals surface area contributed by atoms with Crippen LogP contribution in [0.3, 0.4) is 0 Å². The fourth-order valence-corrected chi connectivity index (χ4v) is 5.35. The number of likely N-dealkylation sites (N-methyl/N-ethyl adjacent to an activating group) is 1. The summed E-state index contributed by atoms with van der Waals surface area (Å²) in [6, 6.07) is 9.62. The van der Waals surface area contributed by atoms with Crippen molar-refractivity contribution in [3.63, 3.8) is 0 Å². The molecule has 1 atom stereocenters. The molecule has 2 N–H and O–H groups in total. The second-order valence-corrected chi connectivity index (χ2v) is 7.93. The molecule has 0 fully saturated rings. The maximum Gasteiger partial charge on any atom is 0.268 e. The van der Waals surface area contributed by atoms with E-state index in [-0.39, 0.29) is 5.56 Å². The van der Waals surface area contributed by atoms with Gasteiger partial charge in [0.1, 0.15) is 11.4 Å². The van der Waals surface area contributed by atoms with E-state index in [9.17, 15) is 4.79 Å². The van der Waals surface area contributed by atoms with Gasteiger partial charge in [-0.15, -0.1) is 16.4 Å². The predicted molar refractivity (Wildman–Crippen MR) is 101 cm³/mol. The van der Waals surface area contributed by atoms with Gasteiger partial charge in [-0.1, -0.05) is 18.2 Å². The Morgan fingerprint density at radius 2 is 2.12 bits per heavy atom. The topological polar surface area (TPSA) is 59.5 Å². The minimum Gasteiger partial charge on any atom is -0.333 e. The third-order valence-electron chi connectivity index (χ3n) is 4.83. The maximum absolute atomic E-state index is 13.4. The minimum atomic E-state index is -0.0141. The van der Waals surface area contributed by atoms with Gasteiger partial charge in [0.2, 0.25) is 10.5 Å². The molecule has 0 bridgehead atoms. The average Bonchev–Trinajstić information content (AvgIpc) is 3.16. The third kappa shape index (κ3) is 2.08. The first-order valence-corrected chi connectivity index (χ1v) is 9.40. The SMILES string of the molecule is C[NH+]1CCc2c(sc3c2c(=O)n(-c2ccccc2)c2n[nH]c(=S)n32)C1. The lowest BCUT2D eigenvalue weighted by Crippen LogP contribution is -3.08. The first kappa shape index (κ1) is 15.0. The van der Waals surface area contributed by atoms with E-state index < -0.39 is 0 Å². The Balaban J connectivity index is 2.00. The van der Waals surface area contributed by atoms with Gasteiger partial charge in [0.15, 0.2) is 0 Å². The van der Waals surface area contributed by atoms with E-state index >= 15 is 0 Å². The molecule has 1 aromatic carbocycles. The Kier molecular flexibility index (Phi) is 3.21. The molecule has 0 saturated heterocycles. The highest BCUT2D eigenvalue weighted by Crippen LogP contribution is 2.31. The maximum atomic E-state index is 13.4. The molecule has 0 aliphatic carbocycles. The summed E-state index contributed by atoms with van der Waals surface area (Å²) in [6.45, 7) is 1.99. The lowest BCUT2D eigenvalue weighted by molar-refractivity contribution is -0.895. The van der Waals surface area contributed by atoms with Crippen molar-refractivity contribution >= 4 is 39.5 Å². The zero-order valence-electron chi connectivity index (χ0n) is 13.6. The molecule has 6 nitrogen and oxygen atoms in total. The number of hydrogen-bond donors (Lipinski definition) is 2. The van der Waals surface area contributed by atoms with Gasteiger partial charge in [-0.2, -0.15) is 0 Å². The number of quaternary nitrogens is 1. The van der Waals surface area contributed by atoms with Gasteiger partial charge in [-0.25, -0.2) is 14.1 Å². The van der Waals surface area contributed by atoms with Crippen molar-refractivity contribution < 1.29 is 4.90 Å². The molecule has 3 aromatic heterocycles. The average molecular weight is 370 g/mol. The van der Waals surface area contributed by atoms with Crippen LogP contribution in [0.1, 0.15) is 10.4 Å². The van der Waals surface area contributed by atoms with Crippen LogP contribution in [0.2, 0.25) is 0 Å². The van der Waals surface area contributed by atoms with Gasteiger partial charge in [0.25, 0.3) is 5.56 Å². The number of rotatable bonds is 1. The smallest absolute Gasteiger partial charge is 0.268 e. The molecule has 5 rings (SSSR count). The molecule has 0 radical (unpaired) electrons. The number of hydrogen-bond acceptors (Lipinski definition) is 4. The van der Waals surface area contributed by atoms with E-state index in [0.717, 1.165) is 35.4 Å². The molecule has 126 valence electrons. The standard InChI is InChI=1S/C17H15N5OS2/c1-20-8-7-11-12(9-20)25-15-13(11)14(23)21(10-5-3-2-4-6-10)16-18-19-17(24)22(15)16/h2-6H,7-9H2,1H3,(H,19,24)/p+1. The highest BCUT2D eigenvalue weighted by molar-refractivity contribution is 7.71. The summed E-state index contributed by atoms with van der Waals surface area (Å²) in [5.74, 6) is 0.535. The molecule has 1 aliphatic heterocycles. The van der Waals surface area contributed by atoms with E-state index in [4.69, 9.17) is 12.2 Å². The van der Waals surface area contributed by atoms with Crippen molar-refractivity contribution in [2.24, 2.45) is 0 Å². The Bertz CT molecular complexity index is 1230. The van der Waals surface area contributed by atoms with Gasteiger partial charge in [0, 0.05) is 6.42 Å². The number of benzene rings is 1. The molecule has 4 aromatic rings. The molecule has 4 heterocycles. The van der Waals surface area contributed by atoms with Gasteiger partial charge >= 0.3 is 0 Å². The van der Waals surface area contributed by atoms with Crippen molar-refractivity contribution in [1.29, 1.82) is 0 Å². The van der Waals surface area contributed by atoms with Crippen LogP contribution in [0, 0.1) is 4.77 Å². The number of nitrogens with one attached hydrogen (secondary N) is 2. The molecule has 0 saturated carbocycles. The molecule has 25 heavy (non-hydrogen) atoms. The second-order valence-electron chi connectivity index (χ2n) is 6.46. The van der Waals surface area contributed by atoms with Gasteiger partial charge < -0.3 is 4.90 Å². The summed E-state index contributed by atoms with van der Waals surface area (Å²) in [4.78, 5) is 17.1. The lowest BCUT2D eigenvalue weighted by atomic mass is 10.1.